The molecule has 1 saturated carbocycles. The van der Waals surface area contributed by atoms with Gasteiger partial charge in [-0.05, 0) is 56.2 Å². The fraction of sp³-hybridized carbons (Fsp3) is 0.364. The largest absolute Gasteiger partial charge is 0.385 e. The van der Waals surface area contributed by atoms with Gasteiger partial charge in [-0.3, -0.25) is 0 Å². The van der Waals surface area contributed by atoms with Crippen molar-refractivity contribution in [2.24, 2.45) is 5.92 Å². The van der Waals surface area contributed by atoms with Crippen LogP contribution in [0.5, 0.6) is 0 Å². The number of hydrogen-bond acceptors (Lipinski definition) is 7. The lowest BCUT2D eigenvalue weighted by molar-refractivity contribution is 0.0331. The van der Waals surface area contributed by atoms with E-state index in [1.807, 2.05) is 26.0 Å². The maximum Gasteiger partial charge on any atom is 0.149 e. The van der Waals surface area contributed by atoms with Crippen molar-refractivity contribution in [2.45, 2.75) is 45.8 Å². The smallest absolute Gasteiger partial charge is 0.149 e. The van der Waals surface area contributed by atoms with Crippen LogP contribution in [0.1, 0.15) is 42.1 Å². The van der Waals surface area contributed by atoms with Gasteiger partial charge < -0.3 is 10.4 Å². The third-order valence-electron chi connectivity index (χ3n) is 6.03. The van der Waals surface area contributed by atoms with Crippen LogP contribution in [0.2, 0.25) is 0 Å². The summed E-state index contributed by atoms with van der Waals surface area (Å²) >= 11 is 1.57. The molecule has 5 rings (SSSR count). The summed E-state index contributed by atoms with van der Waals surface area (Å²) in [5.74, 6) is 1.20. The van der Waals surface area contributed by atoms with E-state index in [9.17, 15) is 5.11 Å². The Balaban J connectivity index is 1.41. The van der Waals surface area contributed by atoms with Gasteiger partial charge in [0.15, 0.2) is 0 Å². The summed E-state index contributed by atoms with van der Waals surface area (Å²) in [5.41, 5.74) is 4.37. The molecule has 1 aromatic carbocycles. The predicted molar refractivity (Wildman–Crippen MR) is 116 cm³/mol. The van der Waals surface area contributed by atoms with Crippen LogP contribution < -0.4 is 5.32 Å². The fourth-order valence-electron chi connectivity index (χ4n) is 3.84. The summed E-state index contributed by atoms with van der Waals surface area (Å²) in [7, 11) is 0. The first kappa shape index (κ1) is 18.4. The van der Waals surface area contributed by atoms with Crippen molar-refractivity contribution >= 4 is 37.6 Å². The van der Waals surface area contributed by atoms with Crippen molar-refractivity contribution in [1.82, 2.24) is 20.2 Å². The molecule has 0 saturated heterocycles. The summed E-state index contributed by atoms with van der Waals surface area (Å²) < 4.78 is 0.999. The molecule has 7 heteroatoms. The molecule has 4 aromatic rings. The maximum atomic E-state index is 10.7. The topological polar surface area (TPSA) is 83.8 Å². The third kappa shape index (κ3) is 3.14. The van der Waals surface area contributed by atoms with Crippen LogP contribution in [0.4, 0.5) is 5.82 Å². The Kier molecular flexibility index (Phi) is 4.26. The molecule has 0 radical (unpaired) electrons. The molecule has 29 heavy (non-hydrogen) atoms. The molecule has 1 aliphatic rings. The number of aromatic nitrogens is 4. The van der Waals surface area contributed by atoms with Crippen molar-refractivity contribution in [3.63, 3.8) is 0 Å². The average Bonchev–Trinajstić information content (AvgIpc) is 3.51. The number of aryl methyl sites for hydroxylation is 2. The van der Waals surface area contributed by atoms with Crippen molar-refractivity contribution < 1.29 is 5.11 Å². The number of nitrogens with zero attached hydrogens (tertiary/aromatic N) is 4. The van der Waals surface area contributed by atoms with Gasteiger partial charge in [-0.2, -0.15) is 5.10 Å². The molecule has 0 aliphatic heterocycles. The Bertz CT molecular complexity index is 1210. The normalized spacial score (nSPS) is 16.3. The first-order valence-electron chi connectivity index (χ1n) is 9.88. The molecule has 3 heterocycles. The van der Waals surface area contributed by atoms with E-state index in [1.165, 1.54) is 0 Å². The molecular formula is C22H23N5OS. The van der Waals surface area contributed by atoms with Gasteiger partial charge >= 0.3 is 0 Å². The highest BCUT2D eigenvalue weighted by atomic mass is 32.1. The van der Waals surface area contributed by atoms with E-state index in [-0.39, 0.29) is 0 Å². The fourth-order valence-corrected chi connectivity index (χ4v) is 4.93. The van der Waals surface area contributed by atoms with Crippen molar-refractivity contribution in [1.29, 1.82) is 0 Å². The van der Waals surface area contributed by atoms with E-state index < -0.39 is 5.60 Å². The van der Waals surface area contributed by atoms with E-state index >= 15 is 0 Å². The quantitative estimate of drug-likeness (QED) is 0.509. The van der Waals surface area contributed by atoms with Crippen molar-refractivity contribution in [2.75, 3.05) is 5.32 Å². The predicted octanol–water partition coefficient (Wildman–Crippen LogP) is 4.48. The summed E-state index contributed by atoms with van der Waals surface area (Å²) in [5, 5.41) is 23.8. The SMILES string of the molecule is Cc1nnc2sc3c(NCc4ccc(C(C)(O)C5CC5)cc4)ncnc3c2c1C. The Morgan fingerprint density at radius 2 is 1.90 bits per heavy atom. The van der Waals surface area contributed by atoms with Gasteiger partial charge in [0, 0.05) is 11.9 Å². The number of hydrogen-bond donors (Lipinski definition) is 2. The van der Waals surface area contributed by atoms with E-state index in [0.717, 1.165) is 61.5 Å². The van der Waals surface area contributed by atoms with Gasteiger partial charge in [-0.15, -0.1) is 16.4 Å². The van der Waals surface area contributed by atoms with Crippen molar-refractivity contribution in [3.05, 3.63) is 53.0 Å². The molecule has 1 fully saturated rings. The molecular weight excluding hydrogens is 382 g/mol. The average molecular weight is 406 g/mol. The molecule has 1 aliphatic carbocycles. The van der Waals surface area contributed by atoms with E-state index in [1.54, 1.807) is 17.7 Å². The highest BCUT2D eigenvalue weighted by Gasteiger charge is 2.41. The highest BCUT2D eigenvalue weighted by Crippen LogP contribution is 2.45. The van der Waals surface area contributed by atoms with Crippen LogP contribution in [0.15, 0.2) is 30.6 Å². The zero-order chi connectivity index (χ0) is 20.2. The molecule has 3 aromatic heterocycles. The summed E-state index contributed by atoms with van der Waals surface area (Å²) in [6, 6.07) is 8.21. The van der Waals surface area contributed by atoms with Crippen LogP contribution >= 0.6 is 11.3 Å². The van der Waals surface area contributed by atoms with Crippen LogP contribution in [0, 0.1) is 19.8 Å². The van der Waals surface area contributed by atoms with Gasteiger partial charge in [0.1, 0.15) is 17.0 Å². The lowest BCUT2D eigenvalue weighted by Crippen LogP contribution is -2.23. The summed E-state index contributed by atoms with van der Waals surface area (Å²) in [4.78, 5) is 9.86. The number of rotatable bonds is 5. The number of nitrogens with one attached hydrogen (secondary N) is 1. The van der Waals surface area contributed by atoms with E-state index in [4.69, 9.17) is 0 Å². The standard InChI is InChI=1S/C22H23N5OS/c1-12-13(2)26-27-21-17(12)18-19(29-21)20(25-11-24-18)23-10-14-4-6-15(7-5-14)22(3,28)16-8-9-16/h4-7,11,16,28H,8-10H2,1-3H3,(H,23,24,25). The van der Waals surface area contributed by atoms with Crippen LogP contribution in [0.25, 0.3) is 20.4 Å². The summed E-state index contributed by atoms with van der Waals surface area (Å²) in [6.45, 7) is 6.60. The molecule has 1 unspecified atom stereocenters. The summed E-state index contributed by atoms with van der Waals surface area (Å²) in [6.07, 6.45) is 3.82. The zero-order valence-corrected chi connectivity index (χ0v) is 17.5. The molecule has 0 spiro atoms. The number of aliphatic hydroxyl groups is 1. The van der Waals surface area contributed by atoms with E-state index in [2.05, 4.69) is 44.5 Å². The minimum atomic E-state index is -0.723. The Hall–Kier alpha value is -2.64. The minimum absolute atomic E-state index is 0.393. The monoisotopic (exact) mass is 405 g/mol. The molecule has 0 amide bonds. The van der Waals surface area contributed by atoms with Gasteiger partial charge in [0.25, 0.3) is 0 Å². The minimum Gasteiger partial charge on any atom is -0.385 e. The number of thiophene rings is 1. The highest BCUT2D eigenvalue weighted by molar-refractivity contribution is 7.25. The second-order valence-corrected chi connectivity index (χ2v) is 9.06. The van der Waals surface area contributed by atoms with Crippen LogP contribution in [-0.2, 0) is 12.1 Å². The molecule has 0 bridgehead atoms. The third-order valence-corrected chi connectivity index (χ3v) is 7.10. The van der Waals surface area contributed by atoms with Crippen LogP contribution in [0.3, 0.4) is 0 Å². The van der Waals surface area contributed by atoms with Gasteiger partial charge in [-0.1, -0.05) is 24.3 Å². The van der Waals surface area contributed by atoms with Gasteiger partial charge in [-0.25, -0.2) is 9.97 Å². The molecule has 148 valence electrons. The van der Waals surface area contributed by atoms with Crippen molar-refractivity contribution in [3.8, 4) is 0 Å². The first-order chi connectivity index (χ1) is 13.9. The molecule has 2 N–H and O–H groups in total. The second-order valence-electron chi connectivity index (χ2n) is 8.06. The second kappa shape index (κ2) is 6.71. The first-order valence-corrected chi connectivity index (χ1v) is 10.7. The Morgan fingerprint density at radius 3 is 2.62 bits per heavy atom. The van der Waals surface area contributed by atoms with Gasteiger partial charge in [0.05, 0.1) is 21.5 Å². The number of anilines is 1. The lowest BCUT2D eigenvalue weighted by Gasteiger charge is -2.23. The van der Waals surface area contributed by atoms with Crippen LogP contribution in [-0.4, -0.2) is 25.3 Å². The van der Waals surface area contributed by atoms with E-state index in [0.29, 0.717) is 12.5 Å². The molecule has 6 nitrogen and oxygen atoms in total. The number of benzene rings is 1. The maximum absolute atomic E-state index is 10.7. The molecule has 1 atom stereocenters. The zero-order valence-electron chi connectivity index (χ0n) is 16.7. The lowest BCUT2D eigenvalue weighted by atomic mass is 9.90. The van der Waals surface area contributed by atoms with Gasteiger partial charge in [0.2, 0.25) is 0 Å². The Morgan fingerprint density at radius 1 is 1.14 bits per heavy atom. The number of fused-ring (bicyclic) bond motifs is 3. The Labute approximate surface area is 173 Å².